The second-order valence-electron chi connectivity index (χ2n) is 6.57. The molecule has 2 heteroatoms. The maximum atomic E-state index is 6.16. The van der Waals surface area contributed by atoms with Crippen molar-refractivity contribution in [2.24, 2.45) is 0 Å². The summed E-state index contributed by atoms with van der Waals surface area (Å²) < 4.78 is 6.16. The molecule has 0 saturated heterocycles. The molecule has 1 N–H and O–H groups in total. The Balaban J connectivity index is 2.83. The van der Waals surface area contributed by atoms with Gasteiger partial charge in [0.25, 0.3) is 0 Å². The highest BCUT2D eigenvalue weighted by molar-refractivity contribution is 5.41. The number of hydrogen-bond acceptors (Lipinski definition) is 2. The Hall–Kier alpha value is -1.02. The van der Waals surface area contributed by atoms with Crippen LogP contribution in [-0.2, 0) is 11.8 Å². The van der Waals surface area contributed by atoms with Gasteiger partial charge in [-0.3, -0.25) is 0 Å². The van der Waals surface area contributed by atoms with Crippen LogP contribution >= 0.6 is 0 Å². The lowest BCUT2D eigenvalue weighted by atomic mass is 9.85. The van der Waals surface area contributed by atoms with Crippen LogP contribution < -0.4 is 10.1 Å². The van der Waals surface area contributed by atoms with Gasteiger partial charge in [-0.05, 0) is 48.9 Å². The van der Waals surface area contributed by atoms with Crippen molar-refractivity contribution in [2.45, 2.75) is 65.9 Å². The summed E-state index contributed by atoms with van der Waals surface area (Å²) in [4.78, 5) is 0. The molecule has 0 aliphatic heterocycles. The summed E-state index contributed by atoms with van der Waals surface area (Å²) in [6.45, 7) is 15.2. The number of ether oxygens (including phenoxy) is 1. The first kappa shape index (κ1) is 17.0. The third kappa shape index (κ3) is 5.16. The van der Waals surface area contributed by atoms with Gasteiger partial charge in [0.05, 0.1) is 0 Å². The number of nitrogens with one attached hydrogen (secondary N) is 1. The molecule has 2 nitrogen and oxygen atoms in total. The van der Waals surface area contributed by atoms with Gasteiger partial charge in [0.2, 0.25) is 0 Å². The van der Waals surface area contributed by atoms with E-state index in [1.165, 1.54) is 11.1 Å². The SMILES string of the molecule is CCCNCC(C)Oc1ccc(CC)cc1C(C)(C)C. The average molecular weight is 277 g/mol. The van der Waals surface area contributed by atoms with Crippen molar-refractivity contribution in [2.75, 3.05) is 13.1 Å². The molecular weight excluding hydrogens is 246 g/mol. The van der Waals surface area contributed by atoms with Gasteiger partial charge in [-0.1, -0.05) is 46.8 Å². The molecule has 1 aromatic rings. The van der Waals surface area contributed by atoms with Gasteiger partial charge < -0.3 is 10.1 Å². The summed E-state index contributed by atoms with van der Waals surface area (Å²) in [5.74, 6) is 1.03. The highest BCUT2D eigenvalue weighted by atomic mass is 16.5. The predicted molar refractivity (Wildman–Crippen MR) is 87.8 cm³/mol. The van der Waals surface area contributed by atoms with Crippen LogP contribution in [0.5, 0.6) is 5.75 Å². The molecule has 0 fully saturated rings. The minimum absolute atomic E-state index is 0.108. The van der Waals surface area contributed by atoms with E-state index in [0.29, 0.717) is 0 Å². The molecule has 1 rings (SSSR count). The van der Waals surface area contributed by atoms with Crippen molar-refractivity contribution in [3.8, 4) is 5.75 Å². The summed E-state index contributed by atoms with van der Waals surface area (Å²) in [6.07, 6.45) is 2.41. The summed E-state index contributed by atoms with van der Waals surface area (Å²) in [5.41, 5.74) is 2.79. The van der Waals surface area contributed by atoms with Crippen LogP contribution in [0.3, 0.4) is 0 Å². The summed E-state index contributed by atoms with van der Waals surface area (Å²) in [5, 5.41) is 3.41. The zero-order chi connectivity index (χ0) is 15.2. The molecule has 0 saturated carbocycles. The maximum Gasteiger partial charge on any atom is 0.123 e. The molecule has 0 aromatic heterocycles. The minimum Gasteiger partial charge on any atom is -0.489 e. The lowest BCUT2D eigenvalue weighted by Crippen LogP contribution is -2.30. The number of hydrogen-bond donors (Lipinski definition) is 1. The first-order valence-corrected chi connectivity index (χ1v) is 7.89. The molecule has 20 heavy (non-hydrogen) atoms. The van der Waals surface area contributed by atoms with E-state index in [0.717, 1.165) is 31.7 Å². The Bertz CT molecular complexity index is 406. The molecule has 0 heterocycles. The number of aryl methyl sites for hydroxylation is 1. The quantitative estimate of drug-likeness (QED) is 0.750. The molecule has 114 valence electrons. The van der Waals surface area contributed by atoms with Crippen LogP contribution in [-0.4, -0.2) is 19.2 Å². The number of benzene rings is 1. The van der Waals surface area contributed by atoms with Crippen molar-refractivity contribution in [3.63, 3.8) is 0 Å². The normalized spacial score (nSPS) is 13.3. The molecule has 0 amide bonds. The van der Waals surface area contributed by atoms with Crippen LogP contribution in [0, 0.1) is 0 Å². The lowest BCUT2D eigenvalue weighted by molar-refractivity contribution is 0.212. The van der Waals surface area contributed by atoms with E-state index in [1.54, 1.807) is 0 Å². The van der Waals surface area contributed by atoms with Crippen molar-refractivity contribution in [3.05, 3.63) is 29.3 Å². The van der Waals surface area contributed by atoms with E-state index in [-0.39, 0.29) is 11.5 Å². The lowest BCUT2D eigenvalue weighted by Gasteiger charge is -2.26. The minimum atomic E-state index is 0.108. The Morgan fingerprint density at radius 3 is 2.45 bits per heavy atom. The molecule has 1 aromatic carbocycles. The van der Waals surface area contributed by atoms with Gasteiger partial charge in [-0.15, -0.1) is 0 Å². The average Bonchev–Trinajstić information content (AvgIpc) is 2.38. The molecule has 1 unspecified atom stereocenters. The highest BCUT2D eigenvalue weighted by Crippen LogP contribution is 2.32. The predicted octanol–water partition coefficient (Wildman–Crippen LogP) is 4.31. The monoisotopic (exact) mass is 277 g/mol. The summed E-state index contributed by atoms with van der Waals surface area (Å²) in [7, 11) is 0. The van der Waals surface area contributed by atoms with Gasteiger partial charge >= 0.3 is 0 Å². The smallest absolute Gasteiger partial charge is 0.123 e. The first-order valence-electron chi connectivity index (χ1n) is 7.89. The van der Waals surface area contributed by atoms with Crippen molar-refractivity contribution >= 4 is 0 Å². The molecular formula is C18H31NO. The van der Waals surface area contributed by atoms with Crippen molar-refractivity contribution in [1.29, 1.82) is 0 Å². The Kier molecular flexibility index (Phi) is 6.54. The Morgan fingerprint density at radius 2 is 1.90 bits per heavy atom. The van der Waals surface area contributed by atoms with Gasteiger partial charge in [-0.2, -0.15) is 0 Å². The number of rotatable bonds is 7. The third-order valence-corrected chi connectivity index (χ3v) is 3.45. The molecule has 0 bridgehead atoms. The fourth-order valence-electron chi connectivity index (χ4n) is 2.23. The van der Waals surface area contributed by atoms with Gasteiger partial charge in [0, 0.05) is 6.54 Å². The first-order chi connectivity index (χ1) is 9.38. The fraction of sp³-hybridized carbons (Fsp3) is 0.667. The second-order valence-corrected chi connectivity index (χ2v) is 6.57. The van der Waals surface area contributed by atoms with E-state index in [4.69, 9.17) is 4.74 Å². The van der Waals surface area contributed by atoms with Crippen LogP contribution in [0.15, 0.2) is 18.2 Å². The molecule has 0 aliphatic rings. The topological polar surface area (TPSA) is 21.3 Å². The van der Waals surface area contributed by atoms with Crippen LogP contribution in [0.4, 0.5) is 0 Å². The zero-order valence-electron chi connectivity index (χ0n) is 14.0. The third-order valence-electron chi connectivity index (χ3n) is 3.45. The second kappa shape index (κ2) is 7.68. The van der Waals surface area contributed by atoms with Crippen LogP contribution in [0.25, 0.3) is 0 Å². The largest absolute Gasteiger partial charge is 0.489 e. The van der Waals surface area contributed by atoms with E-state index < -0.39 is 0 Å². The summed E-state index contributed by atoms with van der Waals surface area (Å²) in [6, 6.07) is 6.61. The van der Waals surface area contributed by atoms with Crippen molar-refractivity contribution < 1.29 is 4.74 Å². The van der Waals surface area contributed by atoms with Gasteiger partial charge in [0.1, 0.15) is 11.9 Å². The van der Waals surface area contributed by atoms with Crippen LogP contribution in [0.1, 0.15) is 59.1 Å². The van der Waals surface area contributed by atoms with Crippen molar-refractivity contribution in [1.82, 2.24) is 5.32 Å². The van der Waals surface area contributed by atoms with Crippen LogP contribution in [0.2, 0.25) is 0 Å². The Labute approximate surface area is 124 Å². The van der Waals surface area contributed by atoms with E-state index in [9.17, 15) is 0 Å². The molecule has 0 radical (unpaired) electrons. The van der Waals surface area contributed by atoms with E-state index in [2.05, 4.69) is 65.1 Å². The molecule has 1 atom stereocenters. The Morgan fingerprint density at radius 1 is 1.20 bits per heavy atom. The fourth-order valence-corrected chi connectivity index (χ4v) is 2.23. The van der Waals surface area contributed by atoms with E-state index >= 15 is 0 Å². The zero-order valence-corrected chi connectivity index (χ0v) is 14.0. The highest BCUT2D eigenvalue weighted by Gasteiger charge is 2.20. The van der Waals surface area contributed by atoms with Gasteiger partial charge in [0.15, 0.2) is 0 Å². The molecule has 0 aliphatic carbocycles. The van der Waals surface area contributed by atoms with E-state index in [1.807, 2.05) is 0 Å². The summed E-state index contributed by atoms with van der Waals surface area (Å²) >= 11 is 0. The standard InChI is InChI=1S/C18H31NO/c1-7-11-19-13-14(3)20-17-10-9-15(8-2)12-16(17)18(4,5)6/h9-10,12,14,19H,7-8,11,13H2,1-6H3. The van der Waals surface area contributed by atoms with Gasteiger partial charge in [-0.25, -0.2) is 0 Å². The molecule has 0 spiro atoms. The maximum absolute atomic E-state index is 6.16.